The number of likely N-dealkylation sites (N-methyl/N-ethyl adjacent to an activating group) is 1. The molecule has 0 atom stereocenters. The zero-order valence-corrected chi connectivity index (χ0v) is 18.0. The highest BCUT2D eigenvalue weighted by atomic mass is 35.5. The number of halogens is 1. The Bertz CT molecular complexity index is 1070. The molecule has 0 spiro atoms. The summed E-state index contributed by atoms with van der Waals surface area (Å²) in [6, 6.07) is 14.7. The van der Waals surface area contributed by atoms with Gasteiger partial charge in [-0.25, -0.2) is 4.68 Å². The maximum Gasteiger partial charge on any atom is 0.254 e. The minimum Gasteiger partial charge on any atom is -0.348 e. The number of carbonyl (C=O) groups excluding carboxylic acids is 2. The molecule has 3 aromatic rings. The molecule has 0 aliphatic carbocycles. The van der Waals surface area contributed by atoms with E-state index in [-0.39, 0.29) is 11.8 Å². The second-order valence-corrected chi connectivity index (χ2v) is 8.01. The second-order valence-electron chi connectivity index (χ2n) is 7.60. The van der Waals surface area contributed by atoms with Crippen molar-refractivity contribution in [3.63, 3.8) is 0 Å². The number of amides is 2. The van der Waals surface area contributed by atoms with E-state index >= 15 is 0 Å². The van der Waals surface area contributed by atoms with E-state index in [1.807, 2.05) is 47.4 Å². The minimum atomic E-state index is -0.226. The average molecular weight is 438 g/mol. The SMILES string of the molecule is CN1CCN(C(=O)c2ccc(CNC(=O)c3cnn(-c4ccccc4Cl)c3)cc2)CC1. The van der Waals surface area contributed by atoms with Gasteiger partial charge in [0.15, 0.2) is 0 Å². The third-order valence-corrected chi connectivity index (χ3v) is 5.71. The molecule has 1 saturated heterocycles. The lowest BCUT2D eigenvalue weighted by molar-refractivity contribution is 0.0664. The number of hydrogen-bond donors (Lipinski definition) is 1. The van der Waals surface area contributed by atoms with E-state index in [0.717, 1.165) is 31.7 Å². The number of carbonyl (C=O) groups is 2. The lowest BCUT2D eigenvalue weighted by atomic mass is 10.1. The number of nitrogens with one attached hydrogen (secondary N) is 1. The average Bonchev–Trinajstić information content (AvgIpc) is 3.28. The van der Waals surface area contributed by atoms with Gasteiger partial charge in [0, 0.05) is 44.5 Å². The molecule has 1 aromatic heterocycles. The Morgan fingerprint density at radius 3 is 2.42 bits per heavy atom. The first-order chi connectivity index (χ1) is 15.0. The van der Waals surface area contributed by atoms with Crippen molar-refractivity contribution in [3.8, 4) is 5.69 Å². The van der Waals surface area contributed by atoms with E-state index in [1.54, 1.807) is 16.9 Å². The molecular formula is C23H24ClN5O2. The number of nitrogens with zero attached hydrogens (tertiary/aromatic N) is 4. The van der Waals surface area contributed by atoms with Crippen LogP contribution in [0.15, 0.2) is 60.9 Å². The van der Waals surface area contributed by atoms with Crippen molar-refractivity contribution in [2.45, 2.75) is 6.54 Å². The number of rotatable bonds is 5. The zero-order chi connectivity index (χ0) is 21.8. The normalized spacial score (nSPS) is 14.5. The van der Waals surface area contributed by atoms with Crippen LogP contribution in [0.3, 0.4) is 0 Å². The van der Waals surface area contributed by atoms with Crippen molar-refractivity contribution in [1.29, 1.82) is 0 Å². The Labute approximate surface area is 186 Å². The van der Waals surface area contributed by atoms with Crippen LogP contribution in [0.5, 0.6) is 0 Å². The second kappa shape index (κ2) is 9.32. The molecule has 1 aliphatic rings. The van der Waals surface area contributed by atoms with Gasteiger partial charge in [-0.1, -0.05) is 35.9 Å². The van der Waals surface area contributed by atoms with Gasteiger partial charge < -0.3 is 15.1 Å². The molecule has 8 heteroatoms. The van der Waals surface area contributed by atoms with E-state index in [2.05, 4.69) is 22.4 Å². The number of hydrogen-bond acceptors (Lipinski definition) is 4. The fourth-order valence-electron chi connectivity index (χ4n) is 3.45. The Morgan fingerprint density at radius 2 is 1.71 bits per heavy atom. The van der Waals surface area contributed by atoms with Crippen molar-refractivity contribution in [1.82, 2.24) is 24.9 Å². The molecule has 4 rings (SSSR count). The summed E-state index contributed by atoms with van der Waals surface area (Å²) in [5.74, 6) is -0.174. The Kier molecular flexibility index (Phi) is 6.34. The van der Waals surface area contributed by atoms with E-state index in [1.165, 1.54) is 6.20 Å². The molecule has 1 fully saturated rings. The fourth-order valence-corrected chi connectivity index (χ4v) is 3.67. The smallest absolute Gasteiger partial charge is 0.254 e. The van der Waals surface area contributed by atoms with Crippen molar-refractivity contribution >= 4 is 23.4 Å². The number of benzene rings is 2. The number of piperazine rings is 1. The van der Waals surface area contributed by atoms with E-state index in [9.17, 15) is 9.59 Å². The quantitative estimate of drug-likeness (QED) is 0.666. The summed E-state index contributed by atoms with van der Waals surface area (Å²) in [6.45, 7) is 3.63. The molecule has 0 unspecified atom stereocenters. The van der Waals surface area contributed by atoms with Crippen LogP contribution in [-0.2, 0) is 6.54 Å². The fraction of sp³-hybridized carbons (Fsp3) is 0.261. The number of para-hydroxylation sites is 1. The van der Waals surface area contributed by atoms with Crippen molar-refractivity contribution in [2.75, 3.05) is 33.2 Å². The van der Waals surface area contributed by atoms with Crippen LogP contribution in [0.25, 0.3) is 5.69 Å². The molecule has 1 N–H and O–H groups in total. The summed E-state index contributed by atoms with van der Waals surface area (Å²) < 4.78 is 1.58. The van der Waals surface area contributed by atoms with E-state index in [4.69, 9.17) is 11.6 Å². The van der Waals surface area contributed by atoms with Gasteiger partial charge in [0.1, 0.15) is 0 Å². The van der Waals surface area contributed by atoms with Gasteiger partial charge >= 0.3 is 0 Å². The van der Waals surface area contributed by atoms with Crippen LogP contribution in [0.2, 0.25) is 5.02 Å². The summed E-state index contributed by atoms with van der Waals surface area (Å²) in [7, 11) is 2.06. The summed E-state index contributed by atoms with van der Waals surface area (Å²) in [5, 5.41) is 7.67. The predicted octanol–water partition coefficient (Wildman–Crippen LogP) is 2.84. The van der Waals surface area contributed by atoms with Gasteiger partial charge in [0.2, 0.25) is 0 Å². The standard InChI is InChI=1S/C23H24ClN5O2/c1-27-10-12-28(13-11-27)23(31)18-8-6-17(7-9-18)14-25-22(30)19-15-26-29(16-19)21-5-3-2-4-20(21)24/h2-9,15-16H,10-14H2,1H3,(H,25,30). The molecule has 0 radical (unpaired) electrons. The van der Waals surface area contributed by atoms with Gasteiger partial charge in [-0.05, 0) is 36.9 Å². The first-order valence-corrected chi connectivity index (χ1v) is 10.5. The Balaban J connectivity index is 1.34. The molecule has 2 aromatic carbocycles. The van der Waals surface area contributed by atoms with Crippen LogP contribution < -0.4 is 5.32 Å². The van der Waals surface area contributed by atoms with Crippen LogP contribution in [0.1, 0.15) is 26.3 Å². The highest BCUT2D eigenvalue weighted by Gasteiger charge is 2.20. The first kappa shape index (κ1) is 21.1. The molecule has 2 heterocycles. The third-order valence-electron chi connectivity index (χ3n) is 5.39. The molecule has 0 saturated carbocycles. The van der Waals surface area contributed by atoms with Crippen LogP contribution >= 0.6 is 11.6 Å². The molecule has 7 nitrogen and oxygen atoms in total. The van der Waals surface area contributed by atoms with Gasteiger partial charge in [-0.15, -0.1) is 0 Å². The lowest BCUT2D eigenvalue weighted by Gasteiger charge is -2.32. The van der Waals surface area contributed by atoms with Crippen LogP contribution in [-0.4, -0.2) is 64.6 Å². The topological polar surface area (TPSA) is 70.5 Å². The van der Waals surface area contributed by atoms with Gasteiger partial charge in [-0.2, -0.15) is 5.10 Å². The Morgan fingerprint density at radius 1 is 1.00 bits per heavy atom. The molecular weight excluding hydrogens is 414 g/mol. The summed E-state index contributed by atoms with van der Waals surface area (Å²) >= 11 is 6.19. The maximum absolute atomic E-state index is 12.6. The predicted molar refractivity (Wildman–Crippen MR) is 120 cm³/mol. The largest absolute Gasteiger partial charge is 0.348 e. The first-order valence-electron chi connectivity index (χ1n) is 10.2. The third kappa shape index (κ3) is 4.95. The molecule has 160 valence electrons. The summed E-state index contributed by atoms with van der Waals surface area (Å²) in [6.07, 6.45) is 3.16. The summed E-state index contributed by atoms with van der Waals surface area (Å²) in [4.78, 5) is 29.2. The Hall–Kier alpha value is -3.16. The molecule has 2 amide bonds. The van der Waals surface area contributed by atoms with Gasteiger partial charge in [0.25, 0.3) is 11.8 Å². The highest BCUT2D eigenvalue weighted by molar-refractivity contribution is 6.32. The summed E-state index contributed by atoms with van der Waals surface area (Å²) in [5.41, 5.74) is 2.74. The molecule has 31 heavy (non-hydrogen) atoms. The van der Waals surface area contributed by atoms with Gasteiger partial charge in [0.05, 0.1) is 22.5 Å². The van der Waals surface area contributed by atoms with Crippen molar-refractivity contribution in [3.05, 3.63) is 82.6 Å². The van der Waals surface area contributed by atoms with E-state index < -0.39 is 0 Å². The van der Waals surface area contributed by atoms with Crippen molar-refractivity contribution < 1.29 is 9.59 Å². The number of aromatic nitrogens is 2. The van der Waals surface area contributed by atoms with Crippen LogP contribution in [0.4, 0.5) is 0 Å². The molecule has 0 bridgehead atoms. The molecule has 1 aliphatic heterocycles. The zero-order valence-electron chi connectivity index (χ0n) is 17.3. The van der Waals surface area contributed by atoms with Gasteiger partial charge in [-0.3, -0.25) is 9.59 Å². The highest BCUT2D eigenvalue weighted by Crippen LogP contribution is 2.19. The monoisotopic (exact) mass is 437 g/mol. The minimum absolute atomic E-state index is 0.0515. The van der Waals surface area contributed by atoms with Crippen LogP contribution in [0, 0.1) is 0 Å². The maximum atomic E-state index is 12.6. The van der Waals surface area contributed by atoms with Crippen molar-refractivity contribution in [2.24, 2.45) is 0 Å². The van der Waals surface area contributed by atoms with E-state index in [0.29, 0.717) is 28.4 Å². The lowest BCUT2D eigenvalue weighted by Crippen LogP contribution is -2.47.